The molecule has 0 aliphatic heterocycles. The first-order valence-electron chi connectivity index (χ1n) is 19.8. The Kier molecular flexibility index (Phi) is 25.1. The van der Waals surface area contributed by atoms with Crippen molar-refractivity contribution in [3.63, 3.8) is 0 Å². The van der Waals surface area contributed by atoms with Gasteiger partial charge in [0.2, 0.25) is 5.95 Å². The van der Waals surface area contributed by atoms with Crippen molar-refractivity contribution in [2.45, 2.75) is 51.6 Å². The monoisotopic (exact) mass is 833 g/mol. The zero-order chi connectivity index (χ0) is 42.3. The lowest BCUT2D eigenvalue weighted by molar-refractivity contribution is -0.139. The second kappa shape index (κ2) is 30.4. The van der Waals surface area contributed by atoms with E-state index in [2.05, 4.69) is 37.5 Å². The van der Waals surface area contributed by atoms with Crippen LogP contribution in [0.25, 0.3) is 11.2 Å². The standard InChI is InChI=1S/C39H59N7O13/c1-2-11-52-13-15-54-17-19-56-21-23-58-25-26-59-24-22-57-20-18-55-16-14-53-12-3-4-32(47)9-10-33(38(50)51)44-36(48)29-5-7-30(8-6-29)41-27-31-28-42-35-34(43-31)37(49)46-39(40)45-35/h5-8,28,33,41H,2-4,9-27H2,1H3,(H,44,48)(H,50,51)(H3,40,42,45,46,49)/t33-/m0/s1. The van der Waals surface area contributed by atoms with Crippen molar-refractivity contribution >= 4 is 40.5 Å². The van der Waals surface area contributed by atoms with Crippen molar-refractivity contribution in [3.8, 4) is 0 Å². The minimum absolute atomic E-state index is 0.00236. The number of hydrogen-bond donors (Lipinski definition) is 5. The Labute approximate surface area is 343 Å². The predicted molar refractivity (Wildman–Crippen MR) is 215 cm³/mol. The highest BCUT2D eigenvalue weighted by atomic mass is 16.6. The molecule has 20 heteroatoms. The lowest BCUT2D eigenvalue weighted by Gasteiger charge is -2.14. The number of Topliss-reactive ketones (excluding diaryl/α,β-unsaturated/α-hetero) is 1. The normalized spacial score (nSPS) is 11.8. The summed E-state index contributed by atoms with van der Waals surface area (Å²) < 4.78 is 43.6. The molecule has 328 valence electrons. The van der Waals surface area contributed by atoms with Crippen molar-refractivity contribution in [1.82, 2.24) is 25.3 Å². The number of ketones is 1. The minimum atomic E-state index is -1.24. The number of amides is 1. The molecule has 2 aromatic heterocycles. The Morgan fingerprint density at radius 1 is 0.729 bits per heavy atom. The number of fused-ring (bicyclic) bond motifs is 1. The van der Waals surface area contributed by atoms with Crippen LogP contribution in [-0.4, -0.2) is 154 Å². The number of carbonyl (C=O) groups excluding carboxylic acids is 2. The Morgan fingerprint density at radius 2 is 1.24 bits per heavy atom. The van der Waals surface area contributed by atoms with E-state index >= 15 is 0 Å². The molecule has 1 atom stereocenters. The molecule has 3 aromatic rings. The SMILES string of the molecule is CCCOCCOCCOCCOCCOCCOCCOCCOCCCC(=O)CC[C@H](NC(=O)c1ccc(NCc2cnc3nc(N)[nH]c(=O)c3n2)cc1)C(=O)O. The molecule has 0 saturated heterocycles. The van der Waals surface area contributed by atoms with Gasteiger partial charge >= 0.3 is 5.97 Å². The Balaban J connectivity index is 1.12. The van der Waals surface area contributed by atoms with Crippen LogP contribution in [0.3, 0.4) is 0 Å². The lowest BCUT2D eigenvalue weighted by atomic mass is 10.1. The number of rotatable bonds is 36. The van der Waals surface area contributed by atoms with Gasteiger partial charge in [-0.3, -0.25) is 19.4 Å². The maximum absolute atomic E-state index is 12.8. The van der Waals surface area contributed by atoms with Gasteiger partial charge in [-0.15, -0.1) is 0 Å². The number of H-pyrrole nitrogens is 1. The van der Waals surface area contributed by atoms with Gasteiger partial charge in [-0.2, -0.15) is 4.98 Å². The molecule has 1 aromatic carbocycles. The number of carbonyl (C=O) groups is 3. The highest BCUT2D eigenvalue weighted by molar-refractivity contribution is 5.97. The lowest BCUT2D eigenvalue weighted by Crippen LogP contribution is -2.41. The smallest absolute Gasteiger partial charge is 0.326 e. The molecule has 6 N–H and O–H groups in total. The molecule has 59 heavy (non-hydrogen) atoms. The Morgan fingerprint density at radius 3 is 1.75 bits per heavy atom. The first-order chi connectivity index (χ1) is 28.8. The van der Waals surface area contributed by atoms with Gasteiger partial charge in [0.05, 0.1) is 111 Å². The maximum atomic E-state index is 12.8. The van der Waals surface area contributed by atoms with E-state index in [4.69, 9.17) is 43.6 Å². The van der Waals surface area contributed by atoms with Crippen molar-refractivity contribution < 1.29 is 57.4 Å². The average Bonchev–Trinajstić information content (AvgIpc) is 3.22. The van der Waals surface area contributed by atoms with E-state index in [1.807, 2.05) is 0 Å². The number of nitrogens with zero attached hydrogens (tertiary/aromatic N) is 3. The summed E-state index contributed by atoms with van der Waals surface area (Å²) in [5.41, 5.74) is 6.59. The van der Waals surface area contributed by atoms with Crippen molar-refractivity contribution in [2.75, 3.05) is 117 Å². The van der Waals surface area contributed by atoms with Crippen molar-refractivity contribution in [2.24, 2.45) is 0 Å². The van der Waals surface area contributed by atoms with E-state index in [1.54, 1.807) is 12.1 Å². The van der Waals surface area contributed by atoms with Crippen LogP contribution in [0.1, 0.15) is 55.1 Å². The number of aromatic amines is 1. The molecule has 3 rings (SSSR count). The topological polar surface area (TPSA) is 267 Å². The zero-order valence-electron chi connectivity index (χ0n) is 33.8. The number of carboxylic acid groups (broad SMARTS) is 1. The number of nitrogens with one attached hydrogen (secondary N) is 3. The molecule has 0 bridgehead atoms. The third-order valence-electron chi connectivity index (χ3n) is 8.12. The number of anilines is 2. The summed E-state index contributed by atoms with van der Waals surface area (Å²) in [7, 11) is 0. The molecule has 2 heterocycles. The molecule has 0 aliphatic carbocycles. The van der Waals surface area contributed by atoms with Crippen LogP contribution in [0.15, 0.2) is 35.3 Å². The highest BCUT2D eigenvalue weighted by Crippen LogP contribution is 2.13. The van der Waals surface area contributed by atoms with Crippen LogP contribution in [0, 0.1) is 0 Å². The van der Waals surface area contributed by atoms with Crippen molar-refractivity contribution in [3.05, 3.63) is 52.1 Å². The number of ether oxygens (including phenoxy) is 8. The van der Waals surface area contributed by atoms with Crippen LogP contribution < -0.4 is 21.9 Å². The average molecular weight is 834 g/mol. The summed E-state index contributed by atoms with van der Waals surface area (Å²) in [4.78, 5) is 63.8. The summed E-state index contributed by atoms with van der Waals surface area (Å²) in [5, 5.41) is 15.2. The quantitative estimate of drug-likeness (QED) is 0.0523. The molecule has 0 spiro atoms. The first kappa shape index (κ1) is 48.7. The summed E-state index contributed by atoms with van der Waals surface area (Å²) in [6, 6.07) is 5.12. The molecule has 0 unspecified atom stereocenters. The predicted octanol–water partition coefficient (Wildman–Crippen LogP) is 1.76. The molecule has 0 saturated carbocycles. The van der Waals surface area contributed by atoms with E-state index in [9.17, 15) is 24.3 Å². The molecular weight excluding hydrogens is 774 g/mol. The number of nitrogens with two attached hydrogens (primary N) is 1. The third kappa shape index (κ3) is 21.8. The van der Waals surface area contributed by atoms with E-state index in [0.717, 1.165) is 13.0 Å². The second-order valence-electron chi connectivity index (χ2n) is 12.9. The molecular formula is C39H59N7O13. The number of hydrogen-bond acceptors (Lipinski definition) is 17. The van der Waals surface area contributed by atoms with Crippen molar-refractivity contribution in [1.29, 1.82) is 0 Å². The van der Waals surface area contributed by atoms with Crippen LogP contribution in [-0.2, 0) is 54.0 Å². The fraction of sp³-hybridized carbons (Fsp3) is 0.615. The van der Waals surface area contributed by atoms with E-state index in [-0.39, 0.29) is 54.3 Å². The van der Waals surface area contributed by atoms with Crippen LogP contribution in [0.2, 0.25) is 0 Å². The van der Waals surface area contributed by atoms with Crippen LogP contribution in [0.5, 0.6) is 0 Å². The van der Waals surface area contributed by atoms with Gasteiger partial charge in [0, 0.05) is 37.3 Å². The van der Waals surface area contributed by atoms with Gasteiger partial charge in [0.25, 0.3) is 11.5 Å². The van der Waals surface area contributed by atoms with E-state index in [0.29, 0.717) is 117 Å². The summed E-state index contributed by atoms with van der Waals surface area (Å²) >= 11 is 0. The van der Waals surface area contributed by atoms with Gasteiger partial charge in [-0.25, -0.2) is 14.8 Å². The largest absolute Gasteiger partial charge is 0.480 e. The summed E-state index contributed by atoms with van der Waals surface area (Å²) in [5.74, 6) is -2.00. The fourth-order valence-corrected chi connectivity index (χ4v) is 5.07. The molecule has 0 aliphatic rings. The maximum Gasteiger partial charge on any atom is 0.326 e. The number of carboxylic acids is 1. The molecule has 20 nitrogen and oxygen atoms in total. The summed E-state index contributed by atoms with van der Waals surface area (Å²) in [6.45, 7) is 10.1. The second-order valence-corrected chi connectivity index (χ2v) is 12.9. The van der Waals surface area contributed by atoms with Gasteiger partial charge in [0.1, 0.15) is 11.8 Å². The number of benzene rings is 1. The van der Waals surface area contributed by atoms with Gasteiger partial charge in [-0.05, 0) is 43.5 Å². The number of aromatic nitrogens is 4. The van der Waals surface area contributed by atoms with Crippen LogP contribution in [0.4, 0.5) is 11.6 Å². The molecule has 0 radical (unpaired) electrons. The third-order valence-corrected chi connectivity index (χ3v) is 8.12. The fourth-order valence-electron chi connectivity index (χ4n) is 5.07. The van der Waals surface area contributed by atoms with Gasteiger partial charge in [0.15, 0.2) is 11.2 Å². The highest BCUT2D eigenvalue weighted by Gasteiger charge is 2.22. The summed E-state index contributed by atoms with van der Waals surface area (Å²) in [6.07, 6.45) is 3.13. The van der Waals surface area contributed by atoms with E-state index < -0.39 is 23.5 Å². The molecule has 0 fully saturated rings. The zero-order valence-corrected chi connectivity index (χ0v) is 33.8. The van der Waals surface area contributed by atoms with Gasteiger partial charge in [-0.1, -0.05) is 6.92 Å². The Hall–Kier alpha value is -4.67. The molecule has 1 amide bonds. The number of nitrogen functional groups attached to an aromatic ring is 1. The van der Waals surface area contributed by atoms with E-state index in [1.165, 1.54) is 18.3 Å². The number of aliphatic carboxylic acids is 1. The first-order valence-corrected chi connectivity index (χ1v) is 19.8. The Bertz CT molecular complexity index is 1700. The van der Waals surface area contributed by atoms with Crippen LogP contribution >= 0.6 is 0 Å². The van der Waals surface area contributed by atoms with Gasteiger partial charge < -0.3 is 59.4 Å². The minimum Gasteiger partial charge on any atom is -0.480 e.